The Morgan fingerprint density at radius 2 is 2.18 bits per heavy atom. The summed E-state index contributed by atoms with van der Waals surface area (Å²) in [5.41, 5.74) is 2.31. The van der Waals surface area contributed by atoms with E-state index in [-0.39, 0.29) is 0 Å². The zero-order chi connectivity index (χ0) is 12.8. The van der Waals surface area contributed by atoms with Gasteiger partial charge in [0.25, 0.3) is 0 Å². The highest BCUT2D eigenvalue weighted by atomic mass is 79.9. The molecule has 0 aliphatic rings. The van der Waals surface area contributed by atoms with E-state index in [1.165, 1.54) is 5.56 Å². The maximum Gasteiger partial charge on any atom is 0.0640 e. The van der Waals surface area contributed by atoms with Crippen molar-refractivity contribution in [2.24, 2.45) is 0 Å². The van der Waals surface area contributed by atoms with Crippen molar-refractivity contribution in [3.05, 3.63) is 28.8 Å². The van der Waals surface area contributed by atoms with Crippen molar-refractivity contribution in [3.8, 4) is 6.07 Å². The minimum absolute atomic E-state index is 0.347. The van der Waals surface area contributed by atoms with Gasteiger partial charge in [-0.3, -0.25) is 0 Å². The van der Waals surface area contributed by atoms with Gasteiger partial charge < -0.3 is 4.90 Å². The molecule has 0 heterocycles. The lowest BCUT2D eigenvalue weighted by Gasteiger charge is -2.30. The van der Waals surface area contributed by atoms with E-state index >= 15 is 0 Å². The van der Waals surface area contributed by atoms with Gasteiger partial charge in [-0.2, -0.15) is 5.26 Å². The maximum atomic E-state index is 8.71. The van der Waals surface area contributed by atoms with Gasteiger partial charge >= 0.3 is 0 Å². The Kier molecular flexibility index (Phi) is 5.80. The van der Waals surface area contributed by atoms with Crippen LogP contribution in [0.3, 0.4) is 0 Å². The molecule has 92 valence electrons. The number of nitriles is 1. The lowest BCUT2D eigenvalue weighted by Crippen LogP contribution is -2.32. The standard InChI is InChI=1S/C13H16BrClN2/c1-10(2)17(7-3-6-16)13-8-12(15)5-4-11(13)9-14/h4-5,8,10H,3,7,9H2,1-2H3. The van der Waals surface area contributed by atoms with Crippen molar-refractivity contribution in [1.82, 2.24) is 0 Å². The molecule has 1 aromatic rings. The van der Waals surface area contributed by atoms with Crippen LogP contribution in [-0.2, 0) is 5.33 Å². The van der Waals surface area contributed by atoms with Crippen molar-refractivity contribution >= 4 is 33.2 Å². The van der Waals surface area contributed by atoms with E-state index in [4.69, 9.17) is 16.9 Å². The van der Waals surface area contributed by atoms with Crippen LogP contribution in [0.2, 0.25) is 5.02 Å². The minimum Gasteiger partial charge on any atom is -0.368 e. The Morgan fingerprint density at radius 1 is 1.47 bits per heavy atom. The summed E-state index contributed by atoms with van der Waals surface area (Å²) in [7, 11) is 0. The molecule has 0 radical (unpaired) electrons. The van der Waals surface area contributed by atoms with Crippen LogP contribution in [0, 0.1) is 11.3 Å². The summed E-state index contributed by atoms with van der Waals surface area (Å²) in [4.78, 5) is 2.21. The van der Waals surface area contributed by atoms with Gasteiger partial charge in [-0.1, -0.05) is 33.6 Å². The first-order valence-corrected chi connectivity index (χ1v) is 7.08. The van der Waals surface area contributed by atoms with Crippen molar-refractivity contribution in [2.45, 2.75) is 31.6 Å². The Hall–Kier alpha value is -0.720. The Morgan fingerprint density at radius 3 is 2.71 bits per heavy atom. The van der Waals surface area contributed by atoms with Crippen molar-refractivity contribution in [1.29, 1.82) is 5.26 Å². The molecule has 1 rings (SSSR count). The van der Waals surface area contributed by atoms with Gasteiger partial charge in [0, 0.05) is 28.6 Å². The summed E-state index contributed by atoms with van der Waals surface area (Å²) in [5, 5.41) is 10.2. The normalized spacial score (nSPS) is 10.4. The number of anilines is 1. The van der Waals surface area contributed by atoms with Crippen LogP contribution in [0.15, 0.2) is 18.2 Å². The van der Waals surface area contributed by atoms with Crippen LogP contribution in [0.25, 0.3) is 0 Å². The number of nitrogens with zero attached hydrogens (tertiary/aromatic N) is 2. The highest BCUT2D eigenvalue weighted by Crippen LogP contribution is 2.28. The first-order chi connectivity index (χ1) is 8.10. The van der Waals surface area contributed by atoms with Crippen LogP contribution in [-0.4, -0.2) is 12.6 Å². The smallest absolute Gasteiger partial charge is 0.0640 e. The molecule has 0 bridgehead atoms. The monoisotopic (exact) mass is 314 g/mol. The van der Waals surface area contributed by atoms with Gasteiger partial charge in [-0.05, 0) is 31.5 Å². The van der Waals surface area contributed by atoms with Gasteiger partial charge in [-0.25, -0.2) is 0 Å². The van der Waals surface area contributed by atoms with Gasteiger partial charge in [0.05, 0.1) is 12.5 Å². The molecule has 17 heavy (non-hydrogen) atoms. The van der Waals surface area contributed by atoms with Crippen molar-refractivity contribution in [2.75, 3.05) is 11.4 Å². The predicted octanol–water partition coefficient (Wildman–Crippen LogP) is 4.36. The van der Waals surface area contributed by atoms with E-state index in [2.05, 4.69) is 40.7 Å². The molecule has 0 aromatic heterocycles. The van der Waals surface area contributed by atoms with Gasteiger partial charge in [0.1, 0.15) is 0 Å². The largest absolute Gasteiger partial charge is 0.368 e. The molecule has 0 amide bonds. The fraction of sp³-hybridized carbons (Fsp3) is 0.462. The molecule has 4 heteroatoms. The van der Waals surface area contributed by atoms with Crippen molar-refractivity contribution in [3.63, 3.8) is 0 Å². The second-order valence-electron chi connectivity index (χ2n) is 4.10. The topological polar surface area (TPSA) is 27.0 Å². The van der Waals surface area contributed by atoms with E-state index in [0.29, 0.717) is 12.5 Å². The molecule has 2 nitrogen and oxygen atoms in total. The van der Waals surface area contributed by atoms with Gasteiger partial charge in [0.15, 0.2) is 0 Å². The summed E-state index contributed by atoms with van der Waals surface area (Å²) in [6.45, 7) is 4.97. The Bertz CT molecular complexity index is 412. The molecule has 0 atom stereocenters. The Balaban J connectivity index is 3.08. The molecule has 0 saturated carbocycles. The first-order valence-electron chi connectivity index (χ1n) is 5.58. The minimum atomic E-state index is 0.347. The van der Waals surface area contributed by atoms with E-state index in [9.17, 15) is 0 Å². The van der Waals surface area contributed by atoms with Crippen LogP contribution in [0.4, 0.5) is 5.69 Å². The van der Waals surface area contributed by atoms with Crippen LogP contribution in [0.5, 0.6) is 0 Å². The number of hydrogen-bond donors (Lipinski definition) is 0. The molecular weight excluding hydrogens is 300 g/mol. The third-order valence-electron chi connectivity index (χ3n) is 2.59. The average Bonchev–Trinajstić information content (AvgIpc) is 2.29. The maximum absolute atomic E-state index is 8.71. The molecule has 0 fully saturated rings. The summed E-state index contributed by atoms with van der Waals surface area (Å²) < 4.78 is 0. The van der Waals surface area contributed by atoms with Crippen LogP contribution in [0.1, 0.15) is 25.8 Å². The fourth-order valence-electron chi connectivity index (χ4n) is 1.74. The second kappa shape index (κ2) is 6.88. The predicted molar refractivity (Wildman–Crippen MR) is 76.8 cm³/mol. The first kappa shape index (κ1) is 14.3. The highest BCUT2D eigenvalue weighted by molar-refractivity contribution is 9.08. The molecule has 0 spiro atoms. The molecule has 1 aromatic carbocycles. The van der Waals surface area contributed by atoms with Gasteiger partial charge in [0.2, 0.25) is 0 Å². The number of halogens is 2. The average molecular weight is 316 g/mol. The van der Waals surface area contributed by atoms with E-state index < -0.39 is 0 Å². The number of rotatable bonds is 5. The third kappa shape index (κ3) is 3.90. The molecular formula is C13H16BrClN2. The van der Waals surface area contributed by atoms with E-state index in [0.717, 1.165) is 22.6 Å². The lowest BCUT2D eigenvalue weighted by molar-refractivity contribution is 0.684. The van der Waals surface area contributed by atoms with E-state index in [1.54, 1.807) is 0 Å². The fourth-order valence-corrected chi connectivity index (χ4v) is 2.39. The zero-order valence-corrected chi connectivity index (χ0v) is 12.4. The van der Waals surface area contributed by atoms with Crippen LogP contribution < -0.4 is 4.90 Å². The van der Waals surface area contributed by atoms with E-state index in [1.807, 2.05) is 18.2 Å². The quantitative estimate of drug-likeness (QED) is 0.755. The van der Waals surface area contributed by atoms with Crippen LogP contribution >= 0.6 is 27.5 Å². The number of hydrogen-bond acceptors (Lipinski definition) is 2. The summed E-state index contributed by atoms with van der Waals surface area (Å²) >= 11 is 9.53. The van der Waals surface area contributed by atoms with Gasteiger partial charge in [-0.15, -0.1) is 0 Å². The number of benzene rings is 1. The number of alkyl halides is 1. The summed E-state index contributed by atoms with van der Waals surface area (Å²) in [5.74, 6) is 0. The second-order valence-corrected chi connectivity index (χ2v) is 5.10. The SMILES string of the molecule is CC(C)N(CCC#N)c1cc(Cl)ccc1CBr. The molecule has 0 N–H and O–H groups in total. The summed E-state index contributed by atoms with van der Waals surface area (Å²) in [6, 6.07) is 8.42. The molecule has 0 unspecified atom stereocenters. The van der Waals surface area contributed by atoms with Crippen molar-refractivity contribution < 1.29 is 0 Å². The molecule has 0 saturated heterocycles. The third-order valence-corrected chi connectivity index (χ3v) is 3.43. The summed E-state index contributed by atoms with van der Waals surface area (Å²) in [6.07, 6.45) is 0.520. The Labute approximate surface area is 116 Å². The molecule has 0 aliphatic heterocycles. The lowest BCUT2D eigenvalue weighted by atomic mass is 10.1. The highest BCUT2D eigenvalue weighted by Gasteiger charge is 2.14. The molecule has 0 aliphatic carbocycles. The zero-order valence-electron chi connectivity index (χ0n) is 10.1.